The van der Waals surface area contributed by atoms with Crippen molar-refractivity contribution in [3.8, 4) is 0 Å². The molecule has 0 fully saturated rings. The van der Waals surface area contributed by atoms with Crippen LogP contribution in [0.4, 0.5) is 5.69 Å². The first-order valence-corrected chi connectivity index (χ1v) is 7.68. The number of oxazole rings is 1. The number of nitrogens with one attached hydrogen (secondary N) is 1. The van der Waals surface area contributed by atoms with Gasteiger partial charge in [0.15, 0.2) is 11.5 Å². The number of carbonyl (C=O) groups is 1. The maximum atomic E-state index is 12.6. The third kappa shape index (κ3) is 2.65. The molecular weight excluding hydrogens is 320 g/mol. The first kappa shape index (κ1) is 15.1. The fraction of sp³-hybridized carbons (Fsp3) is 0.111. The van der Waals surface area contributed by atoms with E-state index in [1.54, 1.807) is 37.4 Å². The molecule has 4 aromatic rings. The van der Waals surface area contributed by atoms with Gasteiger partial charge >= 0.3 is 0 Å². The minimum Gasteiger partial charge on any atom is -0.441 e. The van der Waals surface area contributed by atoms with Crippen LogP contribution in [0.15, 0.2) is 51.9 Å². The number of rotatable bonds is 2. The molecule has 0 aliphatic heterocycles. The number of carbonyl (C=O) groups excluding carboxylic acids is 1. The van der Waals surface area contributed by atoms with E-state index in [0.717, 1.165) is 5.56 Å². The molecule has 4 rings (SSSR count). The van der Waals surface area contributed by atoms with Crippen molar-refractivity contribution in [1.29, 1.82) is 0 Å². The van der Waals surface area contributed by atoms with Crippen LogP contribution in [0, 0.1) is 13.8 Å². The summed E-state index contributed by atoms with van der Waals surface area (Å²) >= 11 is 0. The highest BCUT2D eigenvalue weighted by atomic mass is 16.3. The quantitative estimate of drug-likeness (QED) is 0.609. The maximum absolute atomic E-state index is 12.6. The second kappa shape index (κ2) is 5.55. The Hall–Kier alpha value is -3.48. The number of aromatic nitrogens is 3. The van der Waals surface area contributed by atoms with E-state index in [1.807, 2.05) is 13.0 Å². The van der Waals surface area contributed by atoms with Gasteiger partial charge in [0.1, 0.15) is 16.7 Å². The van der Waals surface area contributed by atoms with E-state index in [0.29, 0.717) is 28.3 Å². The number of fused-ring (bicyclic) bond motifs is 2. The van der Waals surface area contributed by atoms with Crippen LogP contribution in [0.25, 0.3) is 16.7 Å². The molecule has 124 valence electrons. The van der Waals surface area contributed by atoms with Crippen LogP contribution in [-0.4, -0.2) is 20.3 Å². The highest BCUT2D eigenvalue weighted by Gasteiger charge is 2.14. The second-order valence-electron chi connectivity index (χ2n) is 5.78. The number of aryl methyl sites for hydroxylation is 2. The molecule has 7 nitrogen and oxygen atoms in total. The molecule has 0 aliphatic rings. The van der Waals surface area contributed by atoms with Gasteiger partial charge in [0, 0.05) is 25.0 Å². The van der Waals surface area contributed by atoms with E-state index in [1.165, 1.54) is 10.6 Å². The third-order valence-electron chi connectivity index (χ3n) is 3.85. The number of amides is 1. The fourth-order valence-electron chi connectivity index (χ4n) is 2.66. The highest BCUT2D eigenvalue weighted by Crippen LogP contribution is 2.20. The van der Waals surface area contributed by atoms with Crippen molar-refractivity contribution < 1.29 is 9.21 Å². The number of pyridine rings is 1. The Kier molecular flexibility index (Phi) is 3.35. The Morgan fingerprint density at radius 3 is 2.88 bits per heavy atom. The monoisotopic (exact) mass is 334 g/mol. The van der Waals surface area contributed by atoms with Gasteiger partial charge in [0.25, 0.3) is 11.5 Å². The van der Waals surface area contributed by atoms with E-state index >= 15 is 0 Å². The zero-order valence-corrected chi connectivity index (χ0v) is 13.6. The molecule has 3 aromatic heterocycles. The minimum atomic E-state index is -0.520. The van der Waals surface area contributed by atoms with Gasteiger partial charge < -0.3 is 9.73 Å². The Bertz CT molecular complexity index is 1190. The first-order valence-electron chi connectivity index (χ1n) is 7.68. The lowest BCUT2D eigenvalue weighted by Crippen LogP contribution is -2.26. The molecule has 0 aliphatic carbocycles. The summed E-state index contributed by atoms with van der Waals surface area (Å²) in [4.78, 5) is 33.5. The molecule has 7 heteroatoms. The van der Waals surface area contributed by atoms with Crippen molar-refractivity contribution in [1.82, 2.24) is 14.4 Å². The van der Waals surface area contributed by atoms with Crippen molar-refractivity contribution in [2.45, 2.75) is 13.8 Å². The molecule has 1 aromatic carbocycles. The first-order chi connectivity index (χ1) is 12.0. The van der Waals surface area contributed by atoms with Crippen molar-refractivity contribution in [2.24, 2.45) is 0 Å². The summed E-state index contributed by atoms with van der Waals surface area (Å²) in [6, 6.07) is 8.71. The molecule has 0 spiro atoms. The zero-order valence-electron chi connectivity index (χ0n) is 13.6. The minimum absolute atomic E-state index is 0.0282. The van der Waals surface area contributed by atoms with Crippen molar-refractivity contribution >= 4 is 28.3 Å². The third-order valence-corrected chi connectivity index (χ3v) is 3.85. The van der Waals surface area contributed by atoms with E-state index < -0.39 is 11.5 Å². The van der Waals surface area contributed by atoms with Crippen molar-refractivity contribution in [2.75, 3.05) is 5.32 Å². The Labute approximate surface area is 142 Å². The van der Waals surface area contributed by atoms with Crippen LogP contribution < -0.4 is 10.9 Å². The topological polar surface area (TPSA) is 89.5 Å². The Morgan fingerprint density at radius 1 is 1.20 bits per heavy atom. The van der Waals surface area contributed by atoms with Gasteiger partial charge in [-0.05, 0) is 36.8 Å². The van der Waals surface area contributed by atoms with Gasteiger partial charge in [-0.2, -0.15) is 0 Å². The van der Waals surface area contributed by atoms with E-state index in [4.69, 9.17) is 4.42 Å². The van der Waals surface area contributed by atoms with Crippen LogP contribution in [0.1, 0.15) is 21.8 Å². The molecule has 0 radical (unpaired) electrons. The summed E-state index contributed by atoms with van der Waals surface area (Å²) in [5.41, 5.74) is 2.76. The molecule has 0 unspecified atom stereocenters. The molecule has 0 saturated heterocycles. The summed E-state index contributed by atoms with van der Waals surface area (Å²) in [5, 5.41) is 2.71. The van der Waals surface area contributed by atoms with Crippen molar-refractivity contribution in [3.63, 3.8) is 0 Å². The normalized spacial score (nSPS) is 11.1. The smallest absolute Gasteiger partial charge is 0.270 e. The summed E-state index contributed by atoms with van der Waals surface area (Å²) in [5.74, 6) is 0.0267. The lowest BCUT2D eigenvalue weighted by atomic mass is 10.2. The number of hydrogen-bond donors (Lipinski definition) is 1. The summed E-state index contributed by atoms with van der Waals surface area (Å²) in [7, 11) is 0. The second-order valence-corrected chi connectivity index (χ2v) is 5.78. The summed E-state index contributed by atoms with van der Waals surface area (Å²) in [6.07, 6.45) is 2.95. The van der Waals surface area contributed by atoms with Gasteiger partial charge in [-0.25, -0.2) is 9.97 Å². The van der Waals surface area contributed by atoms with E-state index in [9.17, 15) is 9.59 Å². The maximum Gasteiger partial charge on any atom is 0.270 e. The SMILES string of the molecule is Cc1ccc2ncc(C(=O)Nc3ccc4oc(C)nc4c3)c(=O)n2c1. The summed E-state index contributed by atoms with van der Waals surface area (Å²) < 4.78 is 6.77. The molecule has 1 amide bonds. The standard InChI is InChI=1S/C18H14N4O3/c1-10-3-6-16-19-8-13(18(24)22(16)9-10)17(23)21-12-4-5-15-14(7-12)20-11(2)25-15/h3-9H,1-2H3,(H,21,23). The van der Waals surface area contributed by atoms with Crippen LogP contribution >= 0.6 is 0 Å². The summed E-state index contributed by atoms with van der Waals surface area (Å²) in [6.45, 7) is 3.62. The van der Waals surface area contributed by atoms with Gasteiger partial charge in [-0.3, -0.25) is 14.0 Å². The zero-order chi connectivity index (χ0) is 17.6. The molecule has 3 heterocycles. The predicted molar refractivity (Wildman–Crippen MR) is 92.9 cm³/mol. The van der Waals surface area contributed by atoms with Crippen LogP contribution in [0.5, 0.6) is 0 Å². The fourth-order valence-corrected chi connectivity index (χ4v) is 2.66. The van der Waals surface area contributed by atoms with Gasteiger partial charge in [0.2, 0.25) is 0 Å². The average molecular weight is 334 g/mol. The van der Waals surface area contributed by atoms with E-state index in [-0.39, 0.29) is 5.56 Å². The lowest BCUT2D eigenvalue weighted by Gasteiger charge is -2.06. The Balaban J connectivity index is 1.71. The van der Waals surface area contributed by atoms with Crippen LogP contribution in [0.3, 0.4) is 0 Å². The number of anilines is 1. The van der Waals surface area contributed by atoms with Crippen LogP contribution in [-0.2, 0) is 0 Å². The molecule has 0 atom stereocenters. The number of benzene rings is 1. The van der Waals surface area contributed by atoms with Gasteiger partial charge in [0.05, 0.1) is 0 Å². The van der Waals surface area contributed by atoms with Crippen LogP contribution in [0.2, 0.25) is 0 Å². The molecule has 25 heavy (non-hydrogen) atoms. The number of hydrogen-bond acceptors (Lipinski definition) is 5. The molecule has 0 saturated carbocycles. The van der Waals surface area contributed by atoms with E-state index in [2.05, 4.69) is 15.3 Å². The molecular formula is C18H14N4O3. The van der Waals surface area contributed by atoms with Gasteiger partial charge in [-0.15, -0.1) is 0 Å². The lowest BCUT2D eigenvalue weighted by molar-refractivity contribution is 0.102. The van der Waals surface area contributed by atoms with Gasteiger partial charge in [-0.1, -0.05) is 6.07 Å². The average Bonchev–Trinajstić information content (AvgIpc) is 2.95. The van der Waals surface area contributed by atoms with Crippen molar-refractivity contribution in [3.05, 3.63) is 70.1 Å². The molecule has 0 bridgehead atoms. The largest absolute Gasteiger partial charge is 0.441 e. The molecule has 1 N–H and O–H groups in total. The Morgan fingerprint density at radius 2 is 2.04 bits per heavy atom. The highest BCUT2D eigenvalue weighted by molar-refractivity contribution is 6.04. The predicted octanol–water partition coefficient (Wildman–Crippen LogP) is 2.70. The number of nitrogens with zero attached hydrogens (tertiary/aromatic N) is 3.